The standard InChI is InChI=1S/C8H19NO2/c1-8(2,11-5)7(10)6-9(3)4/h7,10H,6H2,1-5H3. The number of hydrogen-bond acceptors (Lipinski definition) is 3. The molecule has 0 saturated heterocycles. The van der Waals surface area contributed by atoms with Crippen molar-refractivity contribution in [1.29, 1.82) is 0 Å². The van der Waals surface area contributed by atoms with Gasteiger partial charge in [0.15, 0.2) is 0 Å². The number of rotatable bonds is 4. The highest BCUT2D eigenvalue weighted by Gasteiger charge is 2.27. The fourth-order valence-electron chi connectivity index (χ4n) is 0.702. The zero-order valence-corrected chi connectivity index (χ0v) is 8.09. The van der Waals surface area contributed by atoms with Gasteiger partial charge in [0.1, 0.15) is 0 Å². The maximum atomic E-state index is 9.58. The zero-order chi connectivity index (χ0) is 9.07. The van der Waals surface area contributed by atoms with Gasteiger partial charge < -0.3 is 14.7 Å². The van der Waals surface area contributed by atoms with Gasteiger partial charge in [0.05, 0.1) is 11.7 Å². The summed E-state index contributed by atoms with van der Waals surface area (Å²) in [5.74, 6) is 0. The molecule has 0 aromatic heterocycles. The van der Waals surface area contributed by atoms with Gasteiger partial charge in [0.2, 0.25) is 0 Å². The minimum Gasteiger partial charge on any atom is -0.389 e. The summed E-state index contributed by atoms with van der Waals surface area (Å²) in [5.41, 5.74) is -0.454. The molecule has 0 bridgehead atoms. The van der Waals surface area contributed by atoms with Gasteiger partial charge in [-0.15, -0.1) is 0 Å². The third kappa shape index (κ3) is 3.70. The average Bonchev–Trinajstić information content (AvgIpc) is 1.86. The number of nitrogens with zero attached hydrogens (tertiary/aromatic N) is 1. The van der Waals surface area contributed by atoms with E-state index in [1.54, 1.807) is 7.11 Å². The number of ether oxygens (including phenoxy) is 1. The summed E-state index contributed by atoms with van der Waals surface area (Å²) >= 11 is 0. The SMILES string of the molecule is COC(C)(C)C(O)CN(C)C. The van der Waals surface area contributed by atoms with Crippen molar-refractivity contribution in [3.63, 3.8) is 0 Å². The molecular weight excluding hydrogens is 142 g/mol. The van der Waals surface area contributed by atoms with E-state index in [0.29, 0.717) is 6.54 Å². The lowest BCUT2D eigenvalue weighted by Crippen LogP contribution is -2.44. The van der Waals surface area contributed by atoms with E-state index in [1.165, 1.54) is 0 Å². The van der Waals surface area contributed by atoms with E-state index in [1.807, 2.05) is 32.8 Å². The van der Waals surface area contributed by atoms with Gasteiger partial charge in [-0.3, -0.25) is 0 Å². The van der Waals surface area contributed by atoms with Gasteiger partial charge in [0.25, 0.3) is 0 Å². The van der Waals surface area contributed by atoms with Crippen LogP contribution in [0.4, 0.5) is 0 Å². The van der Waals surface area contributed by atoms with Crippen LogP contribution in [0.15, 0.2) is 0 Å². The molecule has 3 nitrogen and oxygen atoms in total. The van der Waals surface area contributed by atoms with E-state index in [4.69, 9.17) is 4.74 Å². The molecule has 3 heteroatoms. The summed E-state index contributed by atoms with van der Waals surface area (Å²) in [5, 5.41) is 9.58. The Bertz CT molecular complexity index is 113. The molecule has 0 aromatic carbocycles. The second kappa shape index (κ2) is 4.04. The molecular formula is C8H19NO2. The highest BCUT2D eigenvalue weighted by molar-refractivity contribution is 4.79. The van der Waals surface area contributed by atoms with Crippen LogP contribution in [0.2, 0.25) is 0 Å². The Balaban J connectivity index is 3.90. The Morgan fingerprint density at radius 1 is 1.45 bits per heavy atom. The lowest BCUT2D eigenvalue weighted by atomic mass is 10.0. The topological polar surface area (TPSA) is 32.7 Å². The lowest BCUT2D eigenvalue weighted by molar-refractivity contribution is -0.0839. The van der Waals surface area contributed by atoms with Crippen molar-refractivity contribution in [2.75, 3.05) is 27.7 Å². The molecule has 68 valence electrons. The number of likely N-dealkylation sites (N-methyl/N-ethyl adjacent to an activating group) is 1. The summed E-state index contributed by atoms with van der Waals surface area (Å²) < 4.78 is 5.12. The summed E-state index contributed by atoms with van der Waals surface area (Å²) in [6.07, 6.45) is -0.442. The maximum Gasteiger partial charge on any atom is 0.0950 e. The van der Waals surface area contributed by atoms with Crippen molar-refractivity contribution in [3.8, 4) is 0 Å². The molecule has 0 radical (unpaired) electrons. The van der Waals surface area contributed by atoms with Crippen LogP contribution >= 0.6 is 0 Å². The van der Waals surface area contributed by atoms with Crippen molar-refractivity contribution in [2.45, 2.75) is 25.6 Å². The maximum absolute atomic E-state index is 9.58. The Morgan fingerprint density at radius 2 is 1.91 bits per heavy atom. The highest BCUT2D eigenvalue weighted by Crippen LogP contribution is 2.13. The summed E-state index contributed by atoms with van der Waals surface area (Å²) in [6.45, 7) is 4.38. The van der Waals surface area contributed by atoms with Gasteiger partial charge >= 0.3 is 0 Å². The van der Waals surface area contributed by atoms with Crippen molar-refractivity contribution in [3.05, 3.63) is 0 Å². The van der Waals surface area contributed by atoms with Crippen LogP contribution in [0.5, 0.6) is 0 Å². The summed E-state index contributed by atoms with van der Waals surface area (Å²) in [6, 6.07) is 0. The van der Waals surface area contributed by atoms with Crippen molar-refractivity contribution < 1.29 is 9.84 Å². The Hall–Kier alpha value is -0.120. The zero-order valence-electron chi connectivity index (χ0n) is 8.09. The molecule has 0 heterocycles. The first-order chi connectivity index (χ1) is 4.90. The molecule has 0 aliphatic rings. The number of aliphatic hydroxyl groups is 1. The molecule has 1 N–H and O–H groups in total. The molecule has 0 saturated carbocycles. The number of hydrogen-bond donors (Lipinski definition) is 1. The van der Waals surface area contributed by atoms with E-state index < -0.39 is 11.7 Å². The van der Waals surface area contributed by atoms with Crippen molar-refractivity contribution >= 4 is 0 Å². The van der Waals surface area contributed by atoms with Gasteiger partial charge in [-0.05, 0) is 27.9 Å². The van der Waals surface area contributed by atoms with Gasteiger partial charge in [0, 0.05) is 13.7 Å². The molecule has 0 fully saturated rings. The van der Waals surface area contributed by atoms with Crippen LogP contribution in [-0.2, 0) is 4.74 Å². The van der Waals surface area contributed by atoms with Crippen molar-refractivity contribution in [2.24, 2.45) is 0 Å². The van der Waals surface area contributed by atoms with E-state index >= 15 is 0 Å². The normalized spacial score (nSPS) is 15.5. The quantitative estimate of drug-likeness (QED) is 0.645. The number of methoxy groups -OCH3 is 1. The average molecular weight is 161 g/mol. The molecule has 0 amide bonds. The lowest BCUT2D eigenvalue weighted by Gasteiger charge is -2.30. The monoisotopic (exact) mass is 161 g/mol. The first-order valence-corrected chi connectivity index (χ1v) is 3.78. The fourth-order valence-corrected chi connectivity index (χ4v) is 0.702. The van der Waals surface area contributed by atoms with E-state index in [9.17, 15) is 5.11 Å². The Morgan fingerprint density at radius 3 is 2.18 bits per heavy atom. The first kappa shape index (κ1) is 10.9. The molecule has 0 aliphatic carbocycles. The minimum atomic E-state index is -0.454. The predicted octanol–water partition coefficient (Wildman–Crippen LogP) is 0.334. The van der Waals surface area contributed by atoms with E-state index in [-0.39, 0.29) is 0 Å². The third-order valence-corrected chi connectivity index (χ3v) is 1.87. The van der Waals surface area contributed by atoms with Gasteiger partial charge in [-0.2, -0.15) is 0 Å². The highest BCUT2D eigenvalue weighted by atomic mass is 16.5. The molecule has 0 aromatic rings. The fraction of sp³-hybridized carbons (Fsp3) is 1.00. The van der Waals surface area contributed by atoms with Crippen molar-refractivity contribution in [1.82, 2.24) is 4.90 Å². The second-order valence-electron chi connectivity index (χ2n) is 3.59. The van der Waals surface area contributed by atoms with Gasteiger partial charge in [-0.25, -0.2) is 0 Å². The molecule has 1 unspecified atom stereocenters. The van der Waals surface area contributed by atoms with Crippen LogP contribution in [0.3, 0.4) is 0 Å². The Kier molecular flexibility index (Phi) is 4.00. The first-order valence-electron chi connectivity index (χ1n) is 3.78. The molecule has 0 aliphatic heterocycles. The van der Waals surface area contributed by atoms with Crippen LogP contribution in [0.25, 0.3) is 0 Å². The molecule has 0 rings (SSSR count). The number of aliphatic hydroxyl groups excluding tert-OH is 1. The summed E-state index contributed by atoms with van der Waals surface area (Å²) in [4.78, 5) is 1.94. The second-order valence-corrected chi connectivity index (χ2v) is 3.59. The Labute approximate surface area is 69.0 Å². The molecule has 11 heavy (non-hydrogen) atoms. The van der Waals surface area contributed by atoms with Crippen LogP contribution in [-0.4, -0.2) is 49.5 Å². The van der Waals surface area contributed by atoms with E-state index in [0.717, 1.165) is 0 Å². The predicted molar refractivity (Wildman–Crippen MR) is 45.6 cm³/mol. The van der Waals surface area contributed by atoms with Crippen LogP contribution < -0.4 is 0 Å². The van der Waals surface area contributed by atoms with Crippen LogP contribution in [0, 0.1) is 0 Å². The third-order valence-electron chi connectivity index (χ3n) is 1.87. The molecule has 0 spiro atoms. The minimum absolute atomic E-state index is 0.442. The largest absolute Gasteiger partial charge is 0.389 e. The van der Waals surface area contributed by atoms with Crippen LogP contribution in [0.1, 0.15) is 13.8 Å². The van der Waals surface area contributed by atoms with Gasteiger partial charge in [-0.1, -0.05) is 0 Å². The smallest absolute Gasteiger partial charge is 0.0950 e. The summed E-state index contributed by atoms with van der Waals surface area (Å²) in [7, 11) is 5.46. The molecule has 1 atom stereocenters. The van der Waals surface area contributed by atoms with E-state index in [2.05, 4.69) is 0 Å².